The van der Waals surface area contributed by atoms with E-state index >= 15 is 0 Å². The molecular formula is C13H22N2O2S. The summed E-state index contributed by atoms with van der Waals surface area (Å²) in [5.41, 5.74) is 1.70. The summed E-state index contributed by atoms with van der Waals surface area (Å²) in [6.07, 6.45) is 1.01. The number of anilines is 1. The molecule has 3 N–H and O–H groups in total. The molecule has 1 aromatic rings. The van der Waals surface area contributed by atoms with E-state index in [0.29, 0.717) is 5.56 Å². The Kier molecular flexibility index (Phi) is 4.40. The number of benzene rings is 1. The third-order valence-corrected chi connectivity index (χ3v) is 3.75. The lowest BCUT2D eigenvalue weighted by Crippen LogP contribution is -2.15. The van der Waals surface area contributed by atoms with Crippen molar-refractivity contribution in [1.82, 2.24) is 0 Å². The number of sulfonamides is 1. The van der Waals surface area contributed by atoms with Gasteiger partial charge in [0, 0.05) is 12.2 Å². The van der Waals surface area contributed by atoms with Gasteiger partial charge in [-0.05, 0) is 36.5 Å². The third kappa shape index (κ3) is 4.66. The van der Waals surface area contributed by atoms with Gasteiger partial charge >= 0.3 is 0 Å². The minimum atomic E-state index is -3.65. The Morgan fingerprint density at radius 3 is 2.39 bits per heavy atom. The third-order valence-electron chi connectivity index (χ3n) is 2.70. The molecule has 0 aliphatic carbocycles. The average molecular weight is 270 g/mol. The number of nitrogens with two attached hydrogens (primary N) is 1. The zero-order chi connectivity index (χ0) is 14.0. The highest BCUT2D eigenvalue weighted by atomic mass is 32.2. The van der Waals surface area contributed by atoms with Gasteiger partial charge in [-0.1, -0.05) is 26.8 Å². The molecule has 0 heterocycles. The molecule has 0 unspecified atom stereocenters. The number of aryl methyl sites for hydroxylation is 1. The minimum absolute atomic E-state index is 0.184. The van der Waals surface area contributed by atoms with Crippen LogP contribution in [0.5, 0.6) is 0 Å². The van der Waals surface area contributed by atoms with E-state index in [4.69, 9.17) is 5.14 Å². The standard InChI is InChI=1S/C13H22N2O2S/c1-10-5-6-11(9-12(10)18(14,16)17)15-8-7-13(2,3)4/h5-6,9,15H,7-8H2,1-4H3,(H2,14,16,17). The quantitative estimate of drug-likeness (QED) is 0.883. The van der Waals surface area contributed by atoms with Crippen LogP contribution in [0.15, 0.2) is 23.1 Å². The van der Waals surface area contributed by atoms with Crippen molar-refractivity contribution in [3.8, 4) is 0 Å². The summed E-state index contributed by atoms with van der Waals surface area (Å²) in [4.78, 5) is 0.184. The Hall–Kier alpha value is -1.07. The molecule has 102 valence electrons. The van der Waals surface area contributed by atoms with Gasteiger partial charge < -0.3 is 5.32 Å². The second kappa shape index (κ2) is 5.28. The van der Waals surface area contributed by atoms with Crippen molar-refractivity contribution in [3.05, 3.63) is 23.8 Å². The van der Waals surface area contributed by atoms with Gasteiger partial charge in [-0.2, -0.15) is 0 Å². The monoisotopic (exact) mass is 270 g/mol. The number of rotatable bonds is 4. The maximum Gasteiger partial charge on any atom is 0.238 e. The predicted octanol–water partition coefficient (Wildman–Crippen LogP) is 2.49. The molecule has 5 heteroatoms. The molecule has 0 amide bonds. The Labute approximate surface area is 110 Å². The Bertz CT molecular complexity index is 516. The van der Waals surface area contributed by atoms with Crippen LogP contribution in [0.1, 0.15) is 32.8 Å². The number of primary sulfonamides is 1. The van der Waals surface area contributed by atoms with Crippen LogP contribution >= 0.6 is 0 Å². The topological polar surface area (TPSA) is 72.2 Å². The molecule has 4 nitrogen and oxygen atoms in total. The maximum absolute atomic E-state index is 11.4. The van der Waals surface area contributed by atoms with E-state index in [1.54, 1.807) is 19.1 Å². The van der Waals surface area contributed by atoms with E-state index in [-0.39, 0.29) is 10.3 Å². The van der Waals surface area contributed by atoms with Crippen molar-refractivity contribution in [3.63, 3.8) is 0 Å². The van der Waals surface area contributed by atoms with Crippen molar-refractivity contribution < 1.29 is 8.42 Å². The summed E-state index contributed by atoms with van der Waals surface area (Å²) in [7, 11) is -3.65. The van der Waals surface area contributed by atoms with Crippen LogP contribution in [0.3, 0.4) is 0 Å². The van der Waals surface area contributed by atoms with E-state index in [1.807, 2.05) is 6.07 Å². The second-order valence-electron chi connectivity index (χ2n) is 5.76. The molecule has 0 bridgehead atoms. The SMILES string of the molecule is Cc1ccc(NCCC(C)(C)C)cc1S(N)(=O)=O. The highest BCUT2D eigenvalue weighted by Gasteiger charge is 2.13. The smallest absolute Gasteiger partial charge is 0.238 e. The molecule has 1 aromatic carbocycles. The number of hydrogen-bond acceptors (Lipinski definition) is 3. The molecule has 0 atom stereocenters. The lowest BCUT2D eigenvalue weighted by atomic mass is 9.92. The van der Waals surface area contributed by atoms with Crippen LogP contribution in [-0.4, -0.2) is 15.0 Å². The fraction of sp³-hybridized carbons (Fsp3) is 0.538. The fourth-order valence-electron chi connectivity index (χ4n) is 1.60. The van der Waals surface area contributed by atoms with Crippen LogP contribution in [0, 0.1) is 12.3 Å². The van der Waals surface area contributed by atoms with Crippen molar-refractivity contribution in [1.29, 1.82) is 0 Å². The van der Waals surface area contributed by atoms with Gasteiger partial charge in [-0.3, -0.25) is 0 Å². The van der Waals surface area contributed by atoms with Crippen molar-refractivity contribution >= 4 is 15.7 Å². The first-order chi connectivity index (χ1) is 8.09. The highest BCUT2D eigenvalue weighted by Crippen LogP contribution is 2.21. The molecule has 0 saturated heterocycles. The predicted molar refractivity (Wildman–Crippen MR) is 75.1 cm³/mol. The van der Waals surface area contributed by atoms with Gasteiger partial charge in [-0.25, -0.2) is 13.6 Å². The Balaban J connectivity index is 2.81. The van der Waals surface area contributed by atoms with Crippen LogP contribution in [0.2, 0.25) is 0 Å². The summed E-state index contributed by atoms with van der Waals surface area (Å²) in [5.74, 6) is 0. The first-order valence-electron chi connectivity index (χ1n) is 5.97. The van der Waals surface area contributed by atoms with Gasteiger partial charge in [0.25, 0.3) is 0 Å². The normalized spacial score (nSPS) is 12.5. The van der Waals surface area contributed by atoms with Gasteiger partial charge in [0.15, 0.2) is 0 Å². The zero-order valence-electron chi connectivity index (χ0n) is 11.4. The molecular weight excluding hydrogens is 248 g/mol. The zero-order valence-corrected chi connectivity index (χ0v) is 12.3. The van der Waals surface area contributed by atoms with Gasteiger partial charge in [0.1, 0.15) is 0 Å². The largest absolute Gasteiger partial charge is 0.385 e. The lowest BCUT2D eigenvalue weighted by Gasteiger charge is -2.18. The molecule has 0 fully saturated rings. The summed E-state index contributed by atoms with van der Waals surface area (Å²) >= 11 is 0. The Morgan fingerprint density at radius 1 is 1.28 bits per heavy atom. The van der Waals surface area contributed by atoms with Gasteiger partial charge in [0.2, 0.25) is 10.0 Å². The first-order valence-corrected chi connectivity index (χ1v) is 7.51. The summed E-state index contributed by atoms with van der Waals surface area (Å²) in [5, 5.41) is 8.39. The van der Waals surface area contributed by atoms with E-state index in [1.165, 1.54) is 0 Å². The summed E-state index contributed by atoms with van der Waals surface area (Å²) in [6, 6.07) is 5.22. The molecule has 1 rings (SSSR count). The molecule has 0 spiro atoms. The van der Waals surface area contributed by atoms with Gasteiger partial charge in [0.05, 0.1) is 4.90 Å². The van der Waals surface area contributed by atoms with E-state index in [9.17, 15) is 8.42 Å². The summed E-state index contributed by atoms with van der Waals surface area (Å²) in [6.45, 7) is 9.04. The molecule has 0 radical (unpaired) electrons. The van der Waals surface area contributed by atoms with Crippen LogP contribution in [0.25, 0.3) is 0 Å². The van der Waals surface area contributed by atoms with E-state index in [0.717, 1.165) is 18.7 Å². The molecule has 0 saturated carbocycles. The average Bonchev–Trinajstić information content (AvgIpc) is 2.17. The second-order valence-corrected chi connectivity index (χ2v) is 7.29. The maximum atomic E-state index is 11.4. The van der Waals surface area contributed by atoms with Crippen molar-refractivity contribution in [2.75, 3.05) is 11.9 Å². The van der Waals surface area contributed by atoms with Crippen LogP contribution in [0.4, 0.5) is 5.69 Å². The minimum Gasteiger partial charge on any atom is -0.385 e. The lowest BCUT2D eigenvalue weighted by molar-refractivity contribution is 0.390. The first kappa shape index (κ1) is 15.0. The van der Waals surface area contributed by atoms with E-state index < -0.39 is 10.0 Å². The van der Waals surface area contributed by atoms with Crippen molar-refractivity contribution in [2.45, 2.75) is 39.0 Å². The number of nitrogens with one attached hydrogen (secondary N) is 1. The molecule has 0 aliphatic rings. The molecule has 0 aromatic heterocycles. The molecule has 18 heavy (non-hydrogen) atoms. The van der Waals surface area contributed by atoms with E-state index in [2.05, 4.69) is 26.1 Å². The molecule has 0 aliphatic heterocycles. The van der Waals surface area contributed by atoms with Crippen molar-refractivity contribution in [2.24, 2.45) is 10.6 Å². The van der Waals surface area contributed by atoms with Gasteiger partial charge in [-0.15, -0.1) is 0 Å². The number of hydrogen-bond donors (Lipinski definition) is 2. The Morgan fingerprint density at radius 2 is 1.89 bits per heavy atom. The van der Waals surface area contributed by atoms with Crippen LogP contribution in [-0.2, 0) is 10.0 Å². The summed E-state index contributed by atoms with van der Waals surface area (Å²) < 4.78 is 22.8. The highest BCUT2D eigenvalue weighted by molar-refractivity contribution is 7.89. The van der Waals surface area contributed by atoms with Crippen LogP contribution < -0.4 is 10.5 Å². The fourth-order valence-corrected chi connectivity index (χ4v) is 2.41.